The quantitative estimate of drug-likeness (QED) is 0.903. The van der Waals surface area contributed by atoms with Gasteiger partial charge < -0.3 is 11.1 Å². The first-order valence-electron chi connectivity index (χ1n) is 6.40. The fourth-order valence-electron chi connectivity index (χ4n) is 1.92. The Balaban J connectivity index is 1.99. The van der Waals surface area contributed by atoms with Gasteiger partial charge in [0.15, 0.2) is 0 Å². The van der Waals surface area contributed by atoms with Gasteiger partial charge in [0.25, 0.3) is 0 Å². The third-order valence-corrected chi connectivity index (χ3v) is 3.56. The summed E-state index contributed by atoms with van der Waals surface area (Å²) in [5, 5.41) is 3.41. The molecule has 1 fully saturated rings. The Morgan fingerprint density at radius 1 is 1.35 bits per heavy atom. The number of hydrogen-bond acceptors (Lipinski definition) is 4. The number of nitrogens with one attached hydrogen (secondary N) is 1. The molecule has 1 aliphatic rings. The molecule has 1 aromatic carbocycles. The number of rotatable bonds is 3. The summed E-state index contributed by atoms with van der Waals surface area (Å²) in [6.45, 7) is 1.80. The van der Waals surface area contributed by atoms with Crippen molar-refractivity contribution >= 4 is 28.9 Å². The molecular formula is C14H14ClFN4. The van der Waals surface area contributed by atoms with Gasteiger partial charge in [-0.05, 0) is 38.0 Å². The fraction of sp³-hybridized carbons (Fsp3) is 0.286. The van der Waals surface area contributed by atoms with E-state index in [0.29, 0.717) is 28.1 Å². The predicted molar refractivity (Wildman–Crippen MR) is 77.8 cm³/mol. The Morgan fingerprint density at radius 2 is 2.10 bits per heavy atom. The molecule has 1 saturated carbocycles. The van der Waals surface area contributed by atoms with Gasteiger partial charge in [0.2, 0.25) is 0 Å². The minimum atomic E-state index is -0.390. The van der Waals surface area contributed by atoms with Crippen LogP contribution in [0.4, 0.5) is 21.7 Å². The van der Waals surface area contributed by atoms with Gasteiger partial charge in [-0.2, -0.15) is 0 Å². The molecule has 1 aromatic heterocycles. The Bertz CT molecular complexity index is 670. The van der Waals surface area contributed by atoms with E-state index in [-0.39, 0.29) is 11.5 Å². The highest BCUT2D eigenvalue weighted by Gasteiger charge is 2.28. The molecule has 3 rings (SSSR count). The molecule has 0 aliphatic heterocycles. The maximum Gasteiger partial charge on any atom is 0.146 e. The number of anilines is 3. The van der Waals surface area contributed by atoms with Crippen molar-refractivity contribution in [1.29, 1.82) is 0 Å². The smallest absolute Gasteiger partial charge is 0.146 e. The molecule has 2 aromatic rings. The molecule has 0 bridgehead atoms. The standard InChI is InChI=1S/C14H14ClFN4/c1-7-12(17)19-14(8-2-3-8)20-13(7)18-11-6-9(15)4-5-10(11)16/h4-6,8H,2-3H2,1H3,(H3,17,18,19,20). The number of nitrogen functional groups attached to an aromatic ring is 1. The molecule has 3 N–H and O–H groups in total. The zero-order valence-electron chi connectivity index (χ0n) is 11.0. The van der Waals surface area contributed by atoms with Gasteiger partial charge in [-0.3, -0.25) is 0 Å². The minimum absolute atomic E-state index is 0.278. The number of aromatic nitrogens is 2. The van der Waals surface area contributed by atoms with E-state index in [0.717, 1.165) is 18.7 Å². The SMILES string of the molecule is Cc1c(N)nc(C2CC2)nc1Nc1cc(Cl)ccc1F. The van der Waals surface area contributed by atoms with E-state index >= 15 is 0 Å². The molecule has 0 saturated heterocycles. The topological polar surface area (TPSA) is 63.8 Å². The Hall–Kier alpha value is -1.88. The van der Waals surface area contributed by atoms with E-state index in [4.69, 9.17) is 17.3 Å². The molecule has 0 unspecified atom stereocenters. The average Bonchev–Trinajstić information content (AvgIpc) is 3.23. The van der Waals surface area contributed by atoms with Crippen LogP contribution < -0.4 is 11.1 Å². The van der Waals surface area contributed by atoms with Gasteiger partial charge >= 0.3 is 0 Å². The van der Waals surface area contributed by atoms with Crippen molar-refractivity contribution in [3.63, 3.8) is 0 Å². The number of nitrogens with zero attached hydrogens (tertiary/aromatic N) is 2. The highest BCUT2D eigenvalue weighted by molar-refractivity contribution is 6.30. The lowest BCUT2D eigenvalue weighted by molar-refractivity contribution is 0.631. The Labute approximate surface area is 121 Å². The summed E-state index contributed by atoms with van der Waals surface area (Å²) in [5.41, 5.74) is 6.88. The van der Waals surface area contributed by atoms with Gasteiger partial charge in [0.1, 0.15) is 23.3 Å². The normalized spacial score (nSPS) is 14.3. The van der Waals surface area contributed by atoms with Crippen LogP contribution in [0.5, 0.6) is 0 Å². The van der Waals surface area contributed by atoms with Crippen LogP contribution in [-0.4, -0.2) is 9.97 Å². The van der Waals surface area contributed by atoms with Crippen LogP contribution in [0, 0.1) is 12.7 Å². The summed E-state index contributed by atoms with van der Waals surface area (Å²) < 4.78 is 13.8. The number of halogens is 2. The van der Waals surface area contributed by atoms with Crippen LogP contribution >= 0.6 is 11.6 Å². The molecule has 104 valence electrons. The minimum Gasteiger partial charge on any atom is -0.383 e. The van der Waals surface area contributed by atoms with Gasteiger partial charge in [-0.25, -0.2) is 14.4 Å². The van der Waals surface area contributed by atoms with Gasteiger partial charge in [0, 0.05) is 16.5 Å². The molecule has 4 nitrogen and oxygen atoms in total. The lowest BCUT2D eigenvalue weighted by Crippen LogP contribution is -2.07. The highest BCUT2D eigenvalue weighted by atomic mass is 35.5. The van der Waals surface area contributed by atoms with Crippen molar-refractivity contribution in [3.8, 4) is 0 Å². The first kappa shape index (κ1) is 13.1. The van der Waals surface area contributed by atoms with Gasteiger partial charge in [0.05, 0.1) is 5.69 Å². The van der Waals surface area contributed by atoms with E-state index in [1.807, 2.05) is 0 Å². The molecule has 1 heterocycles. The third kappa shape index (κ3) is 2.54. The highest BCUT2D eigenvalue weighted by Crippen LogP contribution is 2.39. The molecule has 0 amide bonds. The monoisotopic (exact) mass is 292 g/mol. The first-order valence-corrected chi connectivity index (χ1v) is 6.78. The average molecular weight is 293 g/mol. The van der Waals surface area contributed by atoms with E-state index in [9.17, 15) is 4.39 Å². The van der Waals surface area contributed by atoms with E-state index in [1.54, 1.807) is 6.92 Å². The summed E-state index contributed by atoms with van der Waals surface area (Å²) in [5.74, 6) is 1.66. The summed E-state index contributed by atoms with van der Waals surface area (Å²) in [6, 6.07) is 4.33. The third-order valence-electron chi connectivity index (χ3n) is 3.32. The molecular weight excluding hydrogens is 279 g/mol. The molecule has 0 atom stereocenters. The maximum absolute atomic E-state index is 13.8. The van der Waals surface area contributed by atoms with Gasteiger partial charge in [-0.15, -0.1) is 0 Å². The number of benzene rings is 1. The Morgan fingerprint density at radius 3 is 2.80 bits per heavy atom. The summed E-state index contributed by atoms with van der Waals surface area (Å²) in [6.07, 6.45) is 2.15. The van der Waals surface area contributed by atoms with Gasteiger partial charge in [-0.1, -0.05) is 11.6 Å². The van der Waals surface area contributed by atoms with Crippen molar-refractivity contribution in [2.45, 2.75) is 25.7 Å². The lowest BCUT2D eigenvalue weighted by atomic mass is 10.2. The van der Waals surface area contributed by atoms with Crippen LogP contribution in [0.15, 0.2) is 18.2 Å². The second kappa shape index (κ2) is 4.90. The molecule has 1 aliphatic carbocycles. The van der Waals surface area contributed by atoms with Crippen molar-refractivity contribution < 1.29 is 4.39 Å². The van der Waals surface area contributed by atoms with Crippen LogP contribution in [0.3, 0.4) is 0 Å². The van der Waals surface area contributed by atoms with Crippen LogP contribution in [0.2, 0.25) is 5.02 Å². The Kier molecular flexibility index (Phi) is 3.22. The zero-order chi connectivity index (χ0) is 14.3. The van der Waals surface area contributed by atoms with Crippen molar-refractivity contribution in [1.82, 2.24) is 9.97 Å². The van der Waals surface area contributed by atoms with Crippen molar-refractivity contribution in [3.05, 3.63) is 40.4 Å². The number of nitrogens with two attached hydrogens (primary N) is 1. The first-order chi connectivity index (χ1) is 9.54. The predicted octanol–water partition coefficient (Wildman–Crippen LogP) is 3.78. The van der Waals surface area contributed by atoms with E-state index in [2.05, 4.69) is 15.3 Å². The summed E-state index contributed by atoms with van der Waals surface area (Å²) in [7, 11) is 0. The van der Waals surface area contributed by atoms with Crippen molar-refractivity contribution in [2.75, 3.05) is 11.1 Å². The molecule has 6 heteroatoms. The van der Waals surface area contributed by atoms with Crippen LogP contribution in [0.1, 0.15) is 30.1 Å². The molecule has 0 radical (unpaired) electrons. The zero-order valence-corrected chi connectivity index (χ0v) is 11.7. The number of hydrogen-bond donors (Lipinski definition) is 2. The second-order valence-corrected chi connectivity index (χ2v) is 5.40. The van der Waals surface area contributed by atoms with Crippen LogP contribution in [0.25, 0.3) is 0 Å². The van der Waals surface area contributed by atoms with Crippen LogP contribution in [-0.2, 0) is 0 Å². The largest absolute Gasteiger partial charge is 0.383 e. The maximum atomic E-state index is 13.8. The second-order valence-electron chi connectivity index (χ2n) is 4.96. The summed E-state index contributed by atoms with van der Waals surface area (Å²) in [4.78, 5) is 8.73. The summed E-state index contributed by atoms with van der Waals surface area (Å²) >= 11 is 5.88. The van der Waals surface area contributed by atoms with E-state index in [1.165, 1.54) is 18.2 Å². The molecule has 0 spiro atoms. The van der Waals surface area contributed by atoms with Crippen molar-refractivity contribution in [2.24, 2.45) is 0 Å². The van der Waals surface area contributed by atoms with E-state index < -0.39 is 0 Å². The fourth-order valence-corrected chi connectivity index (χ4v) is 2.09. The molecule has 20 heavy (non-hydrogen) atoms. The lowest BCUT2D eigenvalue weighted by Gasteiger charge is -2.12.